The number of aromatic nitrogens is 3. The molecule has 0 N–H and O–H groups in total. The van der Waals surface area contributed by atoms with Crippen LogP contribution in [0.25, 0.3) is 61.3 Å². The first kappa shape index (κ1) is 34.5. The second-order valence-electron chi connectivity index (χ2n) is 14.3. The van der Waals surface area contributed by atoms with Crippen LogP contribution in [0.3, 0.4) is 0 Å². The molecule has 0 atom stereocenters. The van der Waals surface area contributed by atoms with E-state index in [1.807, 2.05) is 72.8 Å². The molecule has 272 valence electrons. The van der Waals surface area contributed by atoms with Gasteiger partial charge in [0.05, 0.1) is 12.0 Å². The van der Waals surface area contributed by atoms with Crippen LogP contribution in [0.4, 0.5) is 5.69 Å². The van der Waals surface area contributed by atoms with Crippen LogP contribution in [-0.2, 0) is 5.41 Å². The molecular weight excluding hydrogens is 709 g/mol. The highest BCUT2D eigenvalue weighted by Gasteiger charge is 2.45. The summed E-state index contributed by atoms with van der Waals surface area (Å²) in [6.45, 7) is 7.35. The van der Waals surface area contributed by atoms with Gasteiger partial charge < -0.3 is 4.74 Å². The first-order valence-electron chi connectivity index (χ1n) is 19.2. The van der Waals surface area contributed by atoms with Gasteiger partial charge >= 0.3 is 0 Å². The highest BCUT2D eigenvalue weighted by Crippen LogP contribution is 2.55. The number of benzene rings is 8. The zero-order valence-corrected chi connectivity index (χ0v) is 31.3. The third kappa shape index (κ3) is 6.10. The lowest BCUT2D eigenvalue weighted by molar-refractivity contribution is 0.434. The molecule has 0 saturated carbocycles. The minimum absolute atomic E-state index is 0.578. The van der Waals surface area contributed by atoms with Gasteiger partial charge in [-0.1, -0.05) is 176 Å². The van der Waals surface area contributed by atoms with Crippen LogP contribution in [0.5, 0.6) is 11.5 Å². The molecule has 0 unspecified atom stereocenters. The summed E-state index contributed by atoms with van der Waals surface area (Å²) in [7, 11) is 0. The molecule has 1 aromatic heterocycles. The minimum atomic E-state index is -0.623. The molecule has 1 aliphatic heterocycles. The minimum Gasteiger partial charge on any atom is -0.457 e. The third-order valence-electron chi connectivity index (χ3n) is 10.9. The van der Waals surface area contributed by atoms with Crippen molar-refractivity contribution >= 4 is 5.69 Å². The SMILES string of the molecule is [C-]#[N+]c1ccc(-c2cccc(-c3nc(-c4ccccc4)nc(-c4cccc(-c5ccc6c(c5)C(c5ccccc5)(c5ccccc5)c5ccccc5O6)c4)n3)c2)cc1. The summed E-state index contributed by atoms with van der Waals surface area (Å²) in [5.41, 5.74) is 11.3. The smallest absolute Gasteiger partial charge is 0.187 e. The summed E-state index contributed by atoms with van der Waals surface area (Å²) in [6.07, 6.45) is 0. The van der Waals surface area contributed by atoms with E-state index < -0.39 is 5.41 Å². The van der Waals surface area contributed by atoms with E-state index in [-0.39, 0.29) is 0 Å². The van der Waals surface area contributed by atoms with E-state index in [2.05, 4.69) is 138 Å². The molecule has 0 saturated heterocycles. The van der Waals surface area contributed by atoms with Crippen molar-refractivity contribution in [2.45, 2.75) is 5.41 Å². The van der Waals surface area contributed by atoms with Crippen LogP contribution in [0.2, 0.25) is 0 Å². The highest BCUT2D eigenvalue weighted by molar-refractivity contribution is 5.78. The Bertz CT molecular complexity index is 2940. The molecular formula is C53H34N4O. The number of hydrogen-bond acceptors (Lipinski definition) is 4. The monoisotopic (exact) mass is 742 g/mol. The maximum atomic E-state index is 7.35. The van der Waals surface area contributed by atoms with Crippen molar-refractivity contribution in [1.82, 2.24) is 15.0 Å². The molecule has 0 fully saturated rings. The molecule has 5 heteroatoms. The lowest BCUT2D eigenvalue weighted by Crippen LogP contribution is -2.34. The maximum absolute atomic E-state index is 7.35. The van der Waals surface area contributed by atoms with E-state index in [1.54, 1.807) is 0 Å². The van der Waals surface area contributed by atoms with Gasteiger partial charge in [-0.25, -0.2) is 19.8 Å². The van der Waals surface area contributed by atoms with E-state index >= 15 is 0 Å². The molecule has 0 spiro atoms. The van der Waals surface area contributed by atoms with E-state index in [0.29, 0.717) is 23.2 Å². The van der Waals surface area contributed by atoms with Crippen molar-refractivity contribution in [3.05, 3.63) is 240 Å². The maximum Gasteiger partial charge on any atom is 0.187 e. The number of ether oxygens (including phenoxy) is 1. The Kier molecular flexibility index (Phi) is 8.70. The average molecular weight is 743 g/mol. The first-order chi connectivity index (χ1) is 28.7. The average Bonchev–Trinajstić information content (AvgIpc) is 3.31. The van der Waals surface area contributed by atoms with Crippen molar-refractivity contribution in [1.29, 1.82) is 0 Å². The Labute approximate surface area is 337 Å². The number of hydrogen-bond donors (Lipinski definition) is 0. The van der Waals surface area contributed by atoms with Gasteiger partial charge in [-0.05, 0) is 63.7 Å². The largest absolute Gasteiger partial charge is 0.457 e. The van der Waals surface area contributed by atoms with Crippen LogP contribution < -0.4 is 4.74 Å². The second kappa shape index (κ2) is 14.6. The van der Waals surface area contributed by atoms with E-state index in [1.165, 1.54) is 11.1 Å². The van der Waals surface area contributed by atoms with Gasteiger partial charge in [-0.2, -0.15) is 0 Å². The van der Waals surface area contributed by atoms with Crippen LogP contribution in [0, 0.1) is 6.57 Å². The Morgan fingerprint density at radius 3 is 1.41 bits per heavy atom. The molecule has 5 nitrogen and oxygen atoms in total. The molecule has 10 rings (SSSR count). The number of para-hydroxylation sites is 1. The summed E-state index contributed by atoms with van der Waals surface area (Å²) in [5.74, 6) is 3.42. The van der Waals surface area contributed by atoms with Crippen LogP contribution >= 0.6 is 0 Å². The van der Waals surface area contributed by atoms with Gasteiger partial charge in [0.2, 0.25) is 0 Å². The van der Waals surface area contributed by atoms with Crippen molar-refractivity contribution in [2.24, 2.45) is 0 Å². The Morgan fingerprint density at radius 2 is 0.810 bits per heavy atom. The molecule has 2 heterocycles. The number of nitrogens with zero attached hydrogens (tertiary/aromatic N) is 4. The summed E-state index contributed by atoms with van der Waals surface area (Å²) < 4.78 is 6.68. The van der Waals surface area contributed by atoms with Gasteiger partial charge in [-0.15, -0.1) is 0 Å². The first-order valence-corrected chi connectivity index (χ1v) is 19.2. The van der Waals surface area contributed by atoms with Gasteiger partial charge in [0.1, 0.15) is 11.5 Å². The summed E-state index contributed by atoms with van der Waals surface area (Å²) in [6, 6.07) is 70.6. The fraction of sp³-hybridized carbons (Fsp3) is 0.0189. The molecule has 0 radical (unpaired) electrons. The third-order valence-corrected chi connectivity index (χ3v) is 10.9. The summed E-state index contributed by atoms with van der Waals surface area (Å²) in [5, 5.41) is 0. The van der Waals surface area contributed by atoms with Gasteiger partial charge in [0, 0.05) is 27.8 Å². The van der Waals surface area contributed by atoms with E-state index in [4.69, 9.17) is 26.3 Å². The number of fused-ring (bicyclic) bond motifs is 2. The lowest BCUT2D eigenvalue weighted by atomic mass is 9.63. The Balaban J connectivity index is 1.11. The highest BCUT2D eigenvalue weighted by atomic mass is 16.5. The predicted molar refractivity (Wildman–Crippen MR) is 232 cm³/mol. The van der Waals surface area contributed by atoms with Crippen molar-refractivity contribution in [3.63, 3.8) is 0 Å². The zero-order valence-electron chi connectivity index (χ0n) is 31.3. The molecule has 0 bridgehead atoms. The molecule has 0 aliphatic carbocycles. The molecule has 0 amide bonds. The predicted octanol–water partition coefficient (Wildman–Crippen LogP) is 13.2. The summed E-state index contributed by atoms with van der Waals surface area (Å²) in [4.78, 5) is 18.7. The second-order valence-corrected chi connectivity index (χ2v) is 14.3. The van der Waals surface area contributed by atoms with Crippen LogP contribution in [0.15, 0.2) is 206 Å². The lowest BCUT2D eigenvalue weighted by Gasteiger charge is -2.41. The Morgan fingerprint density at radius 1 is 0.362 bits per heavy atom. The van der Waals surface area contributed by atoms with Gasteiger partial charge in [0.25, 0.3) is 0 Å². The van der Waals surface area contributed by atoms with Crippen molar-refractivity contribution in [2.75, 3.05) is 0 Å². The van der Waals surface area contributed by atoms with Crippen molar-refractivity contribution in [3.8, 4) is 67.9 Å². The fourth-order valence-electron chi connectivity index (χ4n) is 8.14. The topological polar surface area (TPSA) is 52.3 Å². The zero-order chi connectivity index (χ0) is 38.9. The standard InChI is InChI=1S/C53H34N4O/c1-54-45-30-27-36(28-31-45)38-17-13-19-41(33-38)51-55-50(37-15-5-2-6-16-37)56-52(57-51)42-20-14-18-39(34-42)40-29-32-49-47(35-40)53(43-21-7-3-8-22-43,44-23-9-4-10-24-44)46-25-11-12-26-48(46)58-49/h2-35H. The fourth-order valence-corrected chi connectivity index (χ4v) is 8.14. The summed E-state index contributed by atoms with van der Waals surface area (Å²) >= 11 is 0. The normalized spacial score (nSPS) is 12.4. The molecule has 58 heavy (non-hydrogen) atoms. The van der Waals surface area contributed by atoms with Crippen LogP contribution in [0.1, 0.15) is 22.3 Å². The molecule has 8 aromatic carbocycles. The molecule has 9 aromatic rings. The van der Waals surface area contributed by atoms with E-state index in [0.717, 1.165) is 61.6 Å². The Hall–Kier alpha value is -7.94. The van der Waals surface area contributed by atoms with Crippen LogP contribution in [-0.4, -0.2) is 15.0 Å². The van der Waals surface area contributed by atoms with Gasteiger partial charge in [-0.3, -0.25) is 0 Å². The molecule has 1 aliphatic rings. The number of rotatable bonds is 7. The van der Waals surface area contributed by atoms with E-state index in [9.17, 15) is 0 Å². The van der Waals surface area contributed by atoms with Gasteiger partial charge in [0.15, 0.2) is 23.2 Å². The van der Waals surface area contributed by atoms with Crippen molar-refractivity contribution < 1.29 is 4.74 Å². The quantitative estimate of drug-likeness (QED) is 0.153.